The maximum absolute atomic E-state index is 13.9. The molecule has 2 aliphatic rings. The topological polar surface area (TPSA) is 95.5 Å². The molecule has 1 saturated carbocycles. The van der Waals surface area contributed by atoms with Crippen molar-refractivity contribution in [1.82, 2.24) is 19.8 Å². The molecule has 1 atom stereocenters. The molecule has 39 heavy (non-hydrogen) atoms. The molecule has 1 aromatic heterocycles. The minimum absolute atomic E-state index is 0.0739. The van der Waals surface area contributed by atoms with Crippen molar-refractivity contribution in [2.45, 2.75) is 74.5 Å². The maximum atomic E-state index is 13.9. The number of nitrogens with one attached hydrogen (secondary N) is 1. The quantitative estimate of drug-likeness (QED) is 0.416. The lowest BCUT2D eigenvalue weighted by Crippen LogP contribution is -2.58. The number of sulfone groups is 1. The van der Waals surface area contributed by atoms with Crippen LogP contribution < -0.4 is 5.32 Å². The third kappa shape index (κ3) is 5.62. The highest BCUT2D eigenvalue weighted by atomic mass is 35.5. The number of anilines is 1. The van der Waals surface area contributed by atoms with Crippen molar-refractivity contribution in [3.05, 3.63) is 59.9 Å². The van der Waals surface area contributed by atoms with Crippen LogP contribution in [0.15, 0.2) is 59.8 Å². The summed E-state index contributed by atoms with van der Waals surface area (Å²) in [6.45, 7) is 4.85. The van der Waals surface area contributed by atoms with E-state index in [0.717, 1.165) is 18.2 Å². The summed E-state index contributed by atoms with van der Waals surface area (Å²) in [5.41, 5.74) is -0.0575. The summed E-state index contributed by atoms with van der Waals surface area (Å²) >= 11 is 6.14. The van der Waals surface area contributed by atoms with Crippen LogP contribution in [0.3, 0.4) is 0 Å². The number of hydrogen-bond donors (Lipinski definition) is 1. The number of carbonyl (C=O) groups excluding carboxylic acids is 1. The normalized spacial score (nSPS) is 24.2. The molecule has 2 heterocycles. The molecule has 1 amide bonds. The average Bonchev–Trinajstić information content (AvgIpc) is 3.29. The molecule has 1 aliphatic heterocycles. The van der Waals surface area contributed by atoms with Gasteiger partial charge in [-0.25, -0.2) is 18.4 Å². The van der Waals surface area contributed by atoms with Gasteiger partial charge in [-0.2, -0.15) is 0 Å². The summed E-state index contributed by atoms with van der Waals surface area (Å²) in [5, 5.41) is 4.70. The predicted molar refractivity (Wildman–Crippen MR) is 155 cm³/mol. The molecule has 2 fully saturated rings. The Balaban J connectivity index is 1.42. The summed E-state index contributed by atoms with van der Waals surface area (Å²) in [5.74, 6) is 0.426. The molecule has 10 heteroatoms. The molecule has 1 aliphatic carbocycles. The molecule has 3 aromatic rings. The smallest absolute Gasteiger partial charge is 0.245 e. The van der Waals surface area contributed by atoms with Gasteiger partial charge in [-0.3, -0.25) is 4.79 Å². The maximum Gasteiger partial charge on any atom is 0.245 e. The third-order valence-corrected chi connectivity index (χ3v) is 10.7. The Morgan fingerprint density at radius 3 is 2.51 bits per heavy atom. The number of aromatic nitrogens is 2. The summed E-state index contributed by atoms with van der Waals surface area (Å²) in [6, 6.07) is 14.2. The number of halogens is 1. The van der Waals surface area contributed by atoms with Gasteiger partial charge < -0.3 is 15.1 Å². The van der Waals surface area contributed by atoms with Gasteiger partial charge in [-0.1, -0.05) is 29.8 Å². The molecule has 5 rings (SSSR count). The van der Waals surface area contributed by atoms with Crippen molar-refractivity contribution in [2.75, 3.05) is 24.7 Å². The second-order valence-corrected chi connectivity index (χ2v) is 13.6. The van der Waals surface area contributed by atoms with E-state index < -0.39 is 21.4 Å². The van der Waals surface area contributed by atoms with Crippen molar-refractivity contribution in [3.63, 3.8) is 0 Å². The molecule has 1 N–H and O–H groups in total. The van der Waals surface area contributed by atoms with E-state index in [4.69, 9.17) is 11.6 Å². The van der Waals surface area contributed by atoms with Gasteiger partial charge in [0.05, 0.1) is 21.7 Å². The minimum Gasteiger partial charge on any atom is -0.358 e. The summed E-state index contributed by atoms with van der Waals surface area (Å²) in [6.07, 6.45) is 5.01. The zero-order valence-corrected chi connectivity index (χ0v) is 24.3. The van der Waals surface area contributed by atoms with Gasteiger partial charge in [-0.15, -0.1) is 0 Å². The predicted octanol–water partition coefficient (Wildman–Crippen LogP) is 4.79. The Morgan fingerprint density at radius 1 is 1.10 bits per heavy atom. The van der Waals surface area contributed by atoms with E-state index in [1.807, 2.05) is 17.0 Å². The number of amides is 1. The fourth-order valence-corrected chi connectivity index (χ4v) is 8.18. The van der Waals surface area contributed by atoms with Gasteiger partial charge in [-0.05, 0) is 83.3 Å². The first-order valence-electron chi connectivity index (χ1n) is 13.6. The minimum atomic E-state index is -3.60. The van der Waals surface area contributed by atoms with Crippen molar-refractivity contribution in [2.24, 2.45) is 0 Å². The van der Waals surface area contributed by atoms with E-state index in [0.29, 0.717) is 59.1 Å². The zero-order chi connectivity index (χ0) is 27.8. The Hall–Kier alpha value is -2.75. The van der Waals surface area contributed by atoms with Crippen molar-refractivity contribution in [3.8, 4) is 0 Å². The molecule has 2 aromatic carbocycles. The van der Waals surface area contributed by atoms with Gasteiger partial charge in [0.1, 0.15) is 18.2 Å². The van der Waals surface area contributed by atoms with Crippen LogP contribution in [-0.2, 0) is 14.6 Å². The molecule has 208 valence electrons. The van der Waals surface area contributed by atoms with E-state index in [-0.39, 0.29) is 11.7 Å². The van der Waals surface area contributed by atoms with Crippen LogP contribution in [-0.4, -0.2) is 77.1 Å². The van der Waals surface area contributed by atoms with E-state index in [2.05, 4.69) is 41.1 Å². The second-order valence-electron chi connectivity index (χ2n) is 11.1. The molecular formula is C29H36ClN5O3S. The fourth-order valence-electron chi connectivity index (χ4n) is 6.12. The number of nitrogens with zero attached hydrogens (tertiary/aromatic N) is 4. The van der Waals surface area contributed by atoms with E-state index >= 15 is 0 Å². The number of rotatable bonds is 8. The lowest BCUT2D eigenvalue weighted by atomic mass is 9.78. The van der Waals surface area contributed by atoms with E-state index in [1.165, 1.54) is 6.33 Å². The molecule has 0 radical (unpaired) electrons. The highest BCUT2D eigenvalue weighted by Crippen LogP contribution is 2.41. The molecular weight excluding hydrogens is 534 g/mol. The number of hydrogen-bond acceptors (Lipinski definition) is 7. The van der Waals surface area contributed by atoms with Crippen LogP contribution in [0.1, 0.15) is 46.0 Å². The van der Waals surface area contributed by atoms with Crippen molar-refractivity contribution >= 4 is 44.1 Å². The molecule has 8 nitrogen and oxygen atoms in total. The highest BCUT2D eigenvalue weighted by Gasteiger charge is 2.50. The Labute approximate surface area is 235 Å². The monoisotopic (exact) mass is 569 g/mol. The van der Waals surface area contributed by atoms with Gasteiger partial charge in [0, 0.05) is 29.0 Å². The van der Waals surface area contributed by atoms with Crippen LogP contribution in [0.4, 0.5) is 5.82 Å². The van der Waals surface area contributed by atoms with Gasteiger partial charge >= 0.3 is 0 Å². The number of carbonyl (C=O) groups is 1. The van der Waals surface area contributed by atoms with Gasteiger partial charge in [0.2, 0.25) is 5.91 Å². The van der Waals surface area contributed by atoms with Crippen LogP contribution in [0, 0.1) is 0 Å². The third-order valence-electron chi connectivity index (χ3n) is 8.52. The Bertz CT molecular complexity index is 1440. The van der Waals surface area contributed by atoms with Crippen LogP contribution in [0.5, 0.6) is 0 Å². The summed E-state index contributed by atoms with van der Waals surface area (Å²) in [4.78, 5) is 27.2. The van der Waals surface area contributed by atoms with E-state index in [1.54, 1.807) is 36.4 Å². The first kappa shape index (κ1) is 27.8. The first-order valence-corrected chi connectivity index (χ1v) is 15.6. The average molecular weight is 570 g/mol. The van der Waals surface area contributed by atoms with E-state index in [9.17, 15) is 13.2 Å². The van der Waals surface area contributed by atoms with Crippen molar-refractivity contribution < 1.29 is 13.2 Å². The van der Waals surface area contributed by atoms with Gasteiger partial charge in [0.15, 0.2) is 9.84 Å². The standard InChI is InChI=1S/C29H36ClN5O3S/c1-20(2)34(3)22-11-14-29(15-12-22,18-39(37,38)23-7-5-4-6-8-23)35-16-13-25(28(35)36)33-27-24-10-9-21(30)17-26(24)31-19-32-27/h4-10,17,19-20,22,25H,11-16,18H2,1-3H3,(H,31,32,33)/t22?,25-,29?/m0/s1. The number of fused-ring (bicyclic) bond motifs is 1. The lowest BCUT2D eigenvalue weighted by Gasteiger charge is -2.48. The summed E-state index contributed by atoms with van der Waals surface area (Å²) in [7, 11) is -1.48. The molecule has 1 saturated heterocycles. The lowest BCUT2D eigenvalue weighted by molar-refractivity contribution is -0.134. The largest absolute Gasteiger partial charge is 0.358 e. The Kier molecular flexibility index (Phi) is 7.86. The number of likely N-dealkylation sites (tertiary alicyclic amines) is 1. The zero-order valence-electron chi connectivity index (χ0n) is 22.7. The fraction of sp³-hybridized carbons (Fsp3) is 0.483. The van der Waals surface area contributed by atoms with Crippen LogP contribution in [0.2, 0.25) is 5.02 Å². The molecule has 0 unspecified atom stereocenters. The highest BCUT2D eigenvalue weighted by molar-refractivity contribution is 7.91. The molecule has 0 spiro atoms. The Morgan fingerprint density at radius 2 is 1.82 bits per heavy atom. The molecule has 0 bridgehead atoms. The van der Waals surface area contributed by atoms with Crippen molar-refractivity contribution in [1.29, 1.82) is 0 Å². The summed E-state index contributed by atoms with van der Waals surface area (Å²) < 4.78 is 27.3. The van der Waals surface area contributed by atoms with Crippen LogP contribution >= 0.6 is 11.6 Å². The van der Waals surface area contributed by atoms with Gasteiger partial charge in [0.25, 0.3) is 0 Å². The van der Waals surface area contributed by atoms with Crippen LogP contribution in [0.25, 0.3) is 10.9 Å². The first-order chi connectivity index (χ1) is 18.6. The second kappa shape index (κ2) is 11.0. The SMILES string of the molecule is CC(C)N(C)C1CCC(CS(=O)(=O)c2ccccc2)(N2CC[C@H](Nc3ncnc4cc(Cl)ccc34)C2=O)CC1. The number of benzene rings is 2.